The maximum absolute atomic E-state index is 12.4. The Labute approximate surface area is 197 Å². The molecule has 3 aromatic carbocycles. The van der Waals surface area contributed by atoms with Gasteiger partial charge in [-0.25, -0.2) is 5.43 Å². The van der Waals surface area contributed by atoms with Crippen molar-refractivity contribution in [1.82, 2.24) is 5.43 Å². The van der Waals surface area contributed by atoms with E-state index in [1.807, 2.05) is 24.3 Å². The molecule has 0 fully saturated rings. The van der Waals surface area contributed by atoms with Crippen LogP contribution < -0.4 is 10.2 Å². The van der Waals surface area contributed by atoms with Crippen LogP contribution >= 0.6 is 27.5 Å². The van der Waals surface area contributed by atoms with Gasteiger partial charge in [-0.2, -0.15) is 10.4 Å². The summed E-state index contributed by atoms with van der Waals surface area (Å²) in [5.74, 6) is 0.185. The van der Waals surface area contributed by atoms with Gasteiger partial charge in [0, 0.05) is 26.0 Å². The average molecular weight is 509 g/mol. The highest BCUT2D eigenvalue weighted by Gasteiger charge is 2.12. The Morgan fingerprint density at radius 2 is 2.03 bits per heavy atom. The van der Waals surface area contributed by atoms with Gasteiger partial charge in [0.1, 0.15) is 17.9 Å². The van der Waals surface area contributed by atoms with E-state index in [9.17, 15) is 10.1 Å². The van der Waals surface area contributed by atoms with Crippen molar-refractivity contribution in [1.29, 1.82) is 5.26 Å². The Balaban J connectivity index is 1.47. The van der Waals surface area contributed by atoms with Crippen molar-refractivity contribution in [3.63, 3.8) is 0 Å². The molecular weight excluding hydrogens is 494 g/mol. The van der Waals surface area contributed by atoms with Crippen LogP contribution in [0, 0.1) is 11.3 Å². The maximum atomic E-state index is 12.4. The topological polar surface area (TPSA) is 87.6 Å². The van der Waals surface area contributed by atoms with Gasteiger partial charge >= 0.3 is 5.91 Å². The molecule has 1 heterocycles. The Kier molecular flexibility index (Phi) is 6.55. The summed E-state index contributed by atoms with van der Waals surface area (Å²) in [6.45, 7) is 0.222. The van der Waals surface area contributed by atoms with E-state index < -0.39 is 5.91 Å². The minimum atomic E-state index is -0.492. The number of rotatable bonds is 6. The molecule has 1 amide bonds. The van der Waals surface area contributed by atoms with Gasteiger partial charge in [0.2, 0.25) is 0 Å². The lowest BCUT2D eigenvalue weighted by Gasteiger charge is -2.10. The first kappa shape index (κ1) is 21.6. The first-order chi connectivity index (χ1) is 15.5. The van der Waals surface area contributed by atoms with E-state index in [2.05, 4.69) is 32.5 Å². The molecule has 0 saturated carbocycles. The third-order valence-electron chi connectivity index (χ3n) is 4.56. The smallest absolute Gasteiger partial charge is 0.307 e. The summed E-state index contributed by atoms with van der Waals surface area (Å²) in [6.07, 6.45) is 1.48. The van der Waals surface area contributed by atoms with Crippen molar-refractivity contribution in [3.05, 3.63) is 98.7 Å². The summed E-state index contributed by atoms with van der Waals surface area (Å²) in [5, 5.41) is 14.6. The largest absolute Gasteiger partial charge is 0.488 e. The second kappa shape index (κ2) is 9.69. The molecule has 4 aromatic rings. The molecule has 0 bridgehead atoms. The number of benzene rings is 3. The molecule has 0 spiro atoms. The maximum Gasteiger partial charge on any atom is 0.307 e. The molecule has 4 rings (SSSR count). The number of furan rings is 1. The molecule has 0 aliphatic carbocycles. The number of hydrazone groups is 1. The van der Waals surface area contributed by atoms with Crippen molar-refractivity contribution in [2.75, 3.05) is 0 Å². The third-order valence-corrected chi connectivity index (χ3v) is 5.29. The average Bonchev–Trinajstić information content (AvgIpc) is 3.22. The molecule has 0 saturated heterocycles. The van der Waals surface area contributed by atoms with E-state index in [1.165, 1.54) is 6.21 Å². The highest BCUT2D eigenvalue weighted by molar-refractivity contribution is 9.10. The molecule has 0 unspecified atom stereocenters. The van der Waals surface area contributed by atoms with E-state index in [4.69, 9.17) is 20.8 Å². The molecule has 1 N–H and O–H groups in total. The molecule has 8 heteroatoms. The van der Waals surface area contributed by atoms with Crippen molar-refractivity contribution < 1.29 is 13.9 Å². The molecule has 32 heavy (non-hydrogen) atoms. The van der Waals surface area contributed by atoms with E-state index in [1.54, 1.807) is 42.5 Å². The third kappa shape index (κ3) is 4.99. The lowest BCUT2D eigenvalue weighted by Crippen LogP contribution is -2.16. The molecule has 158 valence electrons. The SMILES string of the molecule is N#Cc1ccccc1COc1ccc(Br)cc1/C=N\NC(=O)c1cc2cc(Cl)ccc2o1. The summed E-state index contributed by atoms with van der Waals surface area (Å²) in [4.78, 5) is 12.4. The zero-order valence-corrected chi connectivity index (χ0v) is 18.9. The fourth-order valence-electron chi connectivity index (χ4n) is 3.00. The Morgan fingerprint density at radius 1 is 1.19 bits per heavy atom. The summed E-state index contributed by atoms with van der Waals surface area (Å²) >= 11 is 9.40. The lowest BCUT2D eigenvalue weighted by atomic mass is 10.1. The van der Waals surface area contributed by atoms with Gasteiger partial charge in [0.15, 0.2) is 5.76 Å². The summed E-state index contributed by atoms with van der Waals surface area (Å²) < 4.78 is 12.3. The number of fused-ring (bicyclic) bond motifs is 1. The zero-order chi connectivity index (χ0) is 22.5. The van der Waals surface area contributed by atoms with Crippen molar-refractivity contribution >= 4 is 50.6 Å². The standard InChI is InChI=1S/C24H15BrClN3O3/c25-19-5-7-21(31-14-16-4-2-1-3-15(16)12-27)18(9-19)13-28-29-24(30)23-11-17-10-20(26)6-8-22(17)32-23/h1-11,13H,14H2,(H,29,30)/b28-13-. The highest BCUT2D eigenvalue weighted by Crippen LogP contribution is 2.24. The first-order valence-corrected chi connectivity index (χ1v) is 10.6. The molecule has 6 nitrogen and oxygen atoms in total. The number of nitrogens with zero attached hydrogens (tertiary/aromatic N) is 2. The number of halogens is 2. The molecule has 0 radical (unpaired) electrons. The van der Waals surface area contributed by atoms with Crippen LogP contribution in [0.25, 0.3) is 11.0 Å². The van der Waals surface area contributed by atoms with Crippen LogP contribution in [0.3, 0.4) is 0 Å². The van der Waals surface area contributed by atoms with Crippen LogP contribution in [0.4, 0.5) is 0 Å². The number of ether oxygens (including phenoxy) is 1. The van der Waals surface area contributed by atoms with Crippen LogP contribution in [-0.4, -0.2) is 12.1 Å². The van der Waals surface area contributed by atoms with Gasteiger partial charge < -0.3 is 9.15 Å². The van der Waals surface area contributed by atoms with E-state index in [0.29, 0.717) is 27.5 Å². The summed E-state index contributed by atoms with van der Waals surface area (Å²) in [6, 6.07) is 21.5. The number of nitrogens with one attached hydrogen (secondary N) is 1. The highest BCUT2D eigenvalue weighted by atomic mass is 79.9. The molecule has 0 atom stereocenters. The quantitative estimate of drug-likeness (QED) is 0.253. The van der Waals surface area contributed by atoms with Crippen molar-refractivity contribution in [3.8, 4) is 11.8 Å². The Bertz CT molecular complexity index is 1370. The minimum absolute atomic E-state index is 0.123. The van der Waals surface area contributed by atoms with Crippen molar-refractivity contribution in [2.24, 2.45) is 5.10 Å². The van der Waals surface area contributed by atoms with Crippen LogP contribution in [0.15, 0.2) is 80.7 Å². The summed E-state index contributed by atoms with van der Waals surface area (Å²) in [7, 11) is 0. The van der Waals surface area contributed by atoms with E-state index >= 15 is 0 Å². The van der Waals surface area contributed by atoms with Gasteiger partial charge in [-0.3, -0.25) is 4.79 Å². The number of hydrogen-bond donors (Lipinski definition) is 1. The van der Waals surface area contributed by atoms with Crippen LogP contribution in [0.2, 0.25) is 5.02 Å². The molecule has 0 aliphatic rings. The fraction of sp³-hybridized carbons (Fsp3) is 0.0417. The summed E-state index contributed by atoms with van der Waals surface area (Å²) in [5.41, 5.74) is 4.99. The van der Waals surface area contributed by atoms with Gasteiger partial charge in [0.25, 0.3) is 0 Å². The number of nitriles is 1. The normalized spacial score (nSPS) is 10.9. The molecular formula is C24H15BrClN3O3. The second-order valence-electron chi connectivity index (χ2n) is 6.73. The first-order valence-electron chi connectivity index (χ1n) is 9.46. The fourth-order valence-corrected chi connectivity index (χ4v) is 3.56. The number of carbonyl (C=O) groups excluding carboxylic acids is 1. The zero-order valence-electron chi connectivity index (χ0n) is 16.5. The Morgan fingerprint density at radius 3 is 2.88 bits per heavy atom. The minimum Gasteiger partial charge on any atom is -0.488 e. The van der Waals surface area contributed by atoms with Gasteiger partial charge in [-0.05, 0) is 48.5 Å². The number of hydrogen-bond acceptors (Lipinski definition) is 5. The van der Waals surface area contributed by atoms with Gasteiger partial charge in [-0.1, -0.05) is 45.7 Å². The van der Waals surface area contributed by atoms with Crippen LogP contribution in [0.1, 0.15) is 27.2 Å². The lowest BCUT2D eigenvalue weighted by molar-refractivity contribution is 0.0929. The van der Waals surface area contributed by atoms with Crippen LogP contribution in [-0.2, 0) is 6.61 Å². The van der Waals surface area contributed by atoms with Gasteiger partial charge in [0.05, 0.1) is 17.8 Å². The predicted octanol–water partition coefficient (Wildman–Crippen LogP) is 6.06. The van der Waals surface area contributed by atoms with E-state index in [0.717, 1.165) is 15.4 Å². The van der Waals surface area contributed by atoms with Gasteiger partial charge in [-0.15, -0.1) is 0 Å². The number of carbonyl (C=O) groups is 1. The number of amides is 1. The monoisotopic (exact) mass is 507 g/mol. The molecule has 0 aliphatic heterocycles. The van der Waals surface area contributed by atoms with E-state index in [-0.39, 0.29) is 12.4 Å². The molecule has 1 aromatic heterocycles. The van der Waals surface area contributed by atoms with Crippen LogP contribution in [0.5, 0.6) is 5.75 Å². The second-order valence-corrected chi connectivity index (χ2v) is 8.08. The Hall–Kier alpha value is -3.60. The predicted molar refractivity (Wildman–Crippen MR) is 126 cm³/mol. The van der Waals surface area contributed by atoms with Crippen molar-refractivity contribution in [2.45, 2.75) is 6.61 Å².